The van der Waals surface area contributed by atoms with Crippen molar-refractivity contribution in [3.8, 4) is 5.75 Å². The summed E-state index contributed by atoms with van der Waals surface area (Å²) in [5, 5.41) is 18.8. The molecule has 2 aromatic rings. The summed E-state index contributed by atoms with van der Waals surface area (Å²) in [4.78, 5) is 22.8. The molecule has 22 heavy (non-hydrogen) atoms. The van der Waals surface area contributed by atoms with Gasteiger partial charge < -0.3 is 10.2 Å². The molecule has 0 aliphatic heterocycles. The molecular formula is C16H10Cl2O4. The van der Waals surface area contributed by atoms with E-state index < -0.39 is 11.8 Å². The topological polar surface area (TPSA) is 74.6 Å². The molecule has 0 saturated heterocycles. The van der Waals surface area contributed by atoms with Crippen molar-refractivity contribution < 1.29 is 19.8 Å². The number of carboxylic acids is 1. The van der Waals surface area contributed by atoms with E-state index >= 15 is 0 Å². The number of hydrogen-bond donors (Lipinski definition) is 2. The van der Waals surface area contributed by atoms with Gasteiger partial charge >= 0.3 is 5.97 Å². The minimum absolute atomic E-state index is 0.00379. The normalized spacial score (nSPS) is 10.8. The third kappa shape index (κ3) is 3.67. The summed E-state index contributed by atoms with van der Waals surface area (Å²) in [5.74, 6) is -1.82. The first-order valence-corrected chi connectivity index (χ1v) is 6.88. The highest BCUT2D eigenvalue weighted by molar-refractivity contribution is 6.36. The molecule has 0 heterocycles. The van der Waals surface area contributed by atoms with E-state index in [2.05, 4.69) is 0 Å². The Morgan fingerprint density at radius 3 is 2.27 bits per heavy atom. The predicted molar refractivity (Wildman–Crippen MR) is 84.9 cm³/mol. The maximum Gasteiger partial charge on any atom is 0.335 e. The first-order chi connectivity index (χ1) is 10.4. The van der Waals surface area contributed by atoms with Crippen LogP contribution in [0, 0.1) is 0 Å². The van der Waals surface area contributed by atoms with Gasteiger partial charge in [-0.05, 0) is 35.9 Å². The number of hydrogen-bond acceptors (Lipinski definition) is 3. The molecule has 0 aliphatic carbocycles. The Morgan fingerprint density at radius 1 is 1.05 bits per heavy atom. The summed E-state index contributed by atoms with van der Waals surface area (Å²) < 4.78 is 0. The second-order valence-corrected chi connectivity index (χ2v) is 5.25. The van der Waals surface area contributed by atoms with Crippen LogP contribution < -0.4 is 0 Å². The van der Waals surface area contributed by atoms with E-state index in [4.69, 9.17) is 28.3 Å². The number of phenols is 1. The van der Waals surface area contributed by atoms with Gasteiger partial charge in [0.1, 0.15) is 5.75 Å². The molecule has 0 fully saturated rings. The van der Waals surface area contributed by atoms with Crippen LogP contribution in [-0.2, 0) is 0 Å². The lowest BCUT2D eigenvalue weighted by Gasteiger charge is -2.03. The molecular weight excluding hydrogens is 327 g/mol. The first-order valence-electron chi connectivity index (χ1n) is 6.12. The number of ketones is 1. The number of carbonyl (C=O) groups is 2. The lowest BCUT2D eigenvalue weighted by molar-refractivity contribution is 0.0696. The van der Waals surface area contributed by atoms with Crippen molar-refractivity contribution in [2.45, 2.75) is 0 Å². The van der Waals surface area contributed by atoms with Crippen LogP contribution in [0.5, 0.6) is 5.75 Å². The van der Waals surface area contributed by atoms with Crippen molar-refractivity contribution in [1.82, 2.24) is 0 Å². The van der Waals surface area contributed by atoms with Crippen LogP contribution in [0.25, 0.3) is 6.08 Å². The Morgan fingerprint density at radius 2 is 1.68 bits per heavy atom. The quantitative estimate of drug-likeness (QED) is 0.645. The van der Waals surface area contributed by atoms with Gasteiger partial charge in [-0.15, -0.1) is 0 Å². The van der Waals surface area contributed by atoms with E-state index in [-0.39, 0.29) is 26.9 Å². The zero-order valence-corrected chi connectivity index (χ0v) is 12.6. The molecule has 0 radical (unpaired) electrons. The number of benzene rings is 2. The minimum Gasteiger partial charge on any atom is -0.506 e. The number of halogens is 2. The Bertz CT molecular complexity index is 764. The molecule has 0 spiro atoms. The zero-order valence-electron chi connectivity index (χ0n) is 11.1. The molecule has 0 unspecified atom stereocenters. The molecule has 2 aromatic carbocycles. The molecule has 4 nitrogen and oxygen atoms in total. The first kappa shape index (κ1) is 16.1. The molecule has 0 atom stereocenters. The number of carboxylic acid groups (broad SMARTS) is 1. The summed E-state index contributed by atoms with van der Waals surface area (Å²) in [6, 6.07) is 8.66. The van der Waals surface area contributed by atoms with Gasteiger partial charge in [-0.2, -0.15) is 0 Å². The van der Waals surface area contributed by atoms with Crippen LogP contribution in [0.3, 0.4) is 0 Å². The van der Waals surface area contributed by atoms with Gasteiger partial charge in [-0.25, -0.2) is 4.79 Å². The third-order valence-electron chi connectivity index (χ3n) is 2.88. The van der Waals surface area contributed by atoms with Crippen LogP contribution in [0.15, 0.2) is 42.5 Å². The minimum atomic E-state index is -1.02. The molecule has 0 amide bonds. The van der Waals surface area contributed by atoms with Crippen molar-refractivity contribution >= 4 is 41.0 Å². The Hall–Kier alpha value is -2.30. The number of allylic oxidation sites excluding steroid dienone is 1. The zero-order chi connectivity index (χ0) is 16.3. The maximum atomic E-state index is 12.1. The van der Waals surface area contributed by atoms with Gasteiger partial charge in [0.2, 0.25) is 0 Å². The molecule has 2 N–H and O–H groups in total. The molecule has 0 bridgehead atoms. The highest BCUT2D eigenvalue weighted by Crippen LogP contribution is 2.31. The molecule has 112 valence electrons. The summed E-state index contributed by atoms with van der Waals surface area (Å²) in [5.41, 5.74) is 0.796. The highest BCUT2D eigenvalue weighted by Gasteiger charge is 2.13. The Kier molecular flexibility index (Phi) is 4.85. The second-order valence-electron chi connectivity index (χ2n) is 4.41. The van der Waals surface area contributed by atoms with Crippen LogP contribution in [-0.4, -0.2) is 22.0 Å². The third-order valence-corrected chi connectivity index (χ3v) is 3.38. The smallest absolute Gasteiger partial charge is 0.335 e. The number of aromatic hydroxyl groups is 1. The average molecular weight is 337 g/mol. The van der Waals surface area contributed by atoms with Crippen LogP contribution in [0.1, 0.15) is 26.3 Å². The van der Waals surface area contributed by atoms with Gasteiger partial charge in [0, 0.05) is 5.02 Å². The average Bonchev–Trinajstić information content (AvgIpc) is 2.48. The van der Waals surface area contributed by atoms with Crippen LogP contribution in [0.2, 0.25) is 10.0 Å². The Balaban J connectivity index is 2.23. The van der Waals surface area contributed by atoms with E-state index in [1.807, 2.05) is 0 Å². The fourth-order valence-electron chi connectivity index (χ4n) is 1.75. The number of carbonyl (C=O) groups excluding carboxylic acids is 1. The Labute approximate surface area is 136 Å². The van der Waals surface area contributed by atoms with Crippen LogP contribution >= 0.6 is 23.2 Å². The van der Waals surface area contributed by atoms with Crippen molar-refractivity contribution in [2.24, 2.45) is 0 Å². The van der Waals surface area contributed by atoms with Gasteiger partial charge in [-0.3, -0.25) is 4.79 Å². The monoisotopic (exact) mass is 336 g/mol. The highest BCUT2D eigenvalue weighted by atomic mass is 35.5. The standard InChI is InChI=1S/C16H10Cl2O4/c17-11-7-12(15(20)13(18)8-11)14(19)6-3-9-1-4-10(5-2-9)16(21)22/h1-8,20H,(H,21,22). The van der Waals surface area contributed by atoms with Crippen molar-refractivity contribution in [3.63, 3.8) is 0 Å². The van der Waals surface area contributed by atoms with Crippen molar-refractivity contribution in [1.29, 1.82) is 0 Å². The second kappa shape index (κ2) is 6.64. The SMILES string of the molecule is O=C(O)c1ccc(C=CC(=O)c2cc(Cl)cc(Cl)c2O)cc1. The summed E-state index contributed by atoms with van der Waals surface area (Å²) >= 11 is 11.6. The van der Waals surface area contributed by atoms with E-state index in [9.17, 15) is 14.7 Å². The predicted octanol–water partition coefficient (Wildman–Crippen LogP) is 4.29. The van der Waals surface area contributed by atoms with E-state index in [1.165, 1.54) is 36.4 Å². The van der Waals surface area contributed by atoms with E-state index in [0.29, 0.717) is 5.56 Å². The summed E-state index contributed by atoms with van der Waals surface area (Å²) in [6.07, 6.45) is 2.75. The number of phenolic OH excluding ortho intramolecular Hbond substituents is 1. The lowest BCUT2D eigenvalue weighted by Crippen LogP contribution is -1.96. The van der Waals surface area contributed by atoms with Crippen LogP contribution in [0.4, 0.5) is 0 Å². The number of rotatable bonds is 4. The van der Waals surface area contributed by atoms with Gasteiger partial charge in [0.15, 0.2) is 5.78 Å². The lowest BCUT2D eigenvalue weighted by atomic mass is 10.1. The largest absolute Gasteiger partial charge is 0.506 e. The fraction of sp³-hybridized carbons (Fsp3) is 0. The number of aromatic carboxylic acids is 1. The van der Waals surface area contributed by atoms with Gasteiger partial charge in [-0.1, -0.05) is 41.4 Å². The molecule has 0 aliphatic rings. The molecule has 0 aromatic heterocycles. The molecule has 6 heteroatoms. The van der Waals surface area contributed by atoms with Gasteiger partial charge in [0.05, 0.1) is 16.1 Å². The summed E-state index contributed by atoms with van der Waals surface area (Å²) in [7, 11) is 0. The van der Waals surface area contributed by atoms with E-state index in [0.717, 1.165) is 0 Å². The fourth-order valence-corrected chi connectivity index (χ4v) is 2.25. The molecule has 2 rings (SSSR count). The van der Waals surface area contributed by atoms with Gasteiger partial charge in [0.25, 0.3) is 0 Å². The molecule has 0 saturated carbocycles. The summed E-state index contributed by atoms with van der Waals surface area (Å²) in [6.45, 7) is 0. The maximum absolute atomic E-state index is 12.1. The van der Waals surface area contributed by atoms with E-state index in [1.54, 1.807) is 12.1 Å². The van der Waals surface area contributed by atoms with Crippen molar-refractivity contribution in [3.05, 3.63) is 69.2 Å². The van der Waals surface area contributed by atoms with Crippen molar-refractivity contribution in [2.75, 3.05) is 0 Å².